The number of rotatable bonds is 4. The summed E-state index contributed by atoms with van der Waals surface area (Å²) in [6.07, 6.45) is 4.50. The van der Waals surface area contributed by atoms with Crippen molar-refractivity contribution in [3.63, 3.8) is 0 Å². The number of benzene rings is 1. The fraction of sp³-hybridized carbons (Fsp3) is 0.409. The fourth-order valence-corrected chi connectivity index (χ4v) is 4.27. The normalized spacial score (nSPS) is 16.8. The Morgan fingerprint density at radius 1 is 1.26 bits per heavy atom. The number of carbonyl (C=O) groups is 1. The molecule has 140 valence electrons. The largest absolute Gasteiger partial charge is 0.507 e. The van der Waals surface area contributed by atoms with Gasteiger partial charge in [0, 0.05) is 23.4 Å². The van der Waals surface area contributed by atoms with Crippen LogP contribution in [-0.2, 0) is 6.54 Å². The molecule has 0 unspecified atom stereocenters. The van der Waals surface area contributed by atoms with E-state index in [1.165, 1.54) is 12.8 Å². The number of amidine groups is 1. The first-order valence-electron chi connectivity index (χ1n) is 9.61. The predicted molar refractivity (Wildman–Crippen MR) is 105 cm³/mol. The van der Waals surface area contributed by atoms with Gasteiger partial charge in [-0.15, -0.1) is 0 Å². The van der Waals surface area contributed by atoms with Crippen LogP contribution in [0, 0.1) is 19.3 Å². The SMILES string of the molecule is Cc1ccc2c(n1)C(=N)N(CC(=O)c1cc(C)c(O)c(C3CCCC3)c1)C2. The molecule has 0 saturated heterocycles. The Kier molecular flexibility index (Phi) is 4.46. The van der Waals surface area contributed by atoms with Crippen molar-refractivity contribution in [2.45, 2.75) is 52.0 Å². The van der Waals surface area contributed by atoms with Crippen molar-refractivity contribution in [3.05, 3.63) is 57.9 Å². The standard InChI is InChI=1S/C22H25N3O2/c1-13-9-17(10-18(21(13)27)15-5-3-4-6-15)19(26)12-25-11-16-8-7-14(2)24-20(16)22(25)23/h7-10,15,23,27H,3-6,11-12H2,1-2H3. The van der Waals surface area contributed by atoms with E-state index in [0.29, 0.717) is 35.3 Å². The molecular formula is C22H25N3O2. The third-order valence-corrected chi connectivity index (χ3v) is 5.80. The topological polar surface area (TPSA) is 77.3 Å². The molecule has 1 saturated carbocycles. The maximum absolute atomic E-state index is 13.0. The number of aromatic hydroxyl groups is 1. The van der Waals surface area contributed by atoms with Gasteiger partial charge in [-0.2, -0.15) is 0 Å². The van der Waals surface area contributed by atoms with E-state index in [1.54, 1.807) is 11.0 Å². The molecule has 1 aromatic carbocycles. The van der Waals surface area contributed by atoms with Crippen molar-refractivity contribution in [1.82, 2.24) is 9.88 Å². The van der Waals surface area contributed by atoms with Crippen LogP contribution in [0.5, 0.6) is 5.75 Å². The average Bonchev–Trinajstić information content (AvgIpc) is 3.27. The summed E-state index contributed by atoms with van der Waals surface area (Å²) in [5.41, 5.74) is 4.83. The van der Waals surface area contributed by atoms with Crippen LogP contribution in [0.4, 0.5) is 0 Å². The molecule has 4 rings (SSSR count). The van der Waals surface area contributed by atoms with Gasteiger partial charge in [0.25, 0.3) is 0 Å². The number of Topliss-reactive ketones (excluding diaryl/α,β-unsaturated/α-hetero) is 1. The van der Waals surface area contributed by atoms with E-state index in [0.717, 1.165) is 35.2 Å². The van der Waals surface area contributed by atoms with Gasteiger partial charge in [0.2, 0.25) is 0 Å². The lowest BCUT2D eigenvalue weighted by Gasteiger charge is -2.19. The van der Waals surface area contributed by atoms with Gasteiger partial charge in [-0.25, -0.2) is 4.98 Å². The van der Waals surface area contributed by atoms with Crippen molar-refractivity contribution in [3.8, 4) is 5.75 Å². The van der Waals surface area contributed by atoms with Crippen molar-refractivity contribution in [1.29, 1.82) is 5.41 Å². The Hall–Kier alpha value is -2.69. The number of ketones is 1. The summed E-state index contributed by atoms with van der Waals surface area (Å²) in [5, 5.41) is 18.8. The van der Waals surface area contributed by atoms with Gasteiger partial charge in [-0.3, -0.25) is 10.2 Å². The molecule has 0 spiro atoms. The second-order valence-corrected chi connectivity index (χ2v) is 7.80. The highest BCUT2D eigenvalue weighted by Gasteiger charge is 2.28. The molecule has 0 amide bonds. The lowest BCUT2D eigenvalue weighted by Crippen LogP contribution is -2.30. The van der Waals surface area contributed by atoms with Crippen molar-refractivity contribution < 1.29 is 9.90 Å². The van der Waals surface area contributed by atoms with Gasteiger partial charge in [-0.05, 0) is 61.9 Å². The Labute approximate surface area is 159 Å². The molecule has 2 heterocycles. The second kappa shape index (κ2) is 6.80. The molecule has 0 radical (unpaired) electrons. The van der Waals surface area contributed by atoms with E-state index >= 15 is 0 Å². The summed E-state index contributed by atoms with van der Waals surface area (Å²) >= 11 is 0. The molecule has 0 atom stereocenters. The van der Waals surface area contributed by atoms with E-state index in [9.17, 15) is 9.90 Å². The zero-order valence-corrected chi connectivity index (χ0v) is 15.9. The Morgan fingerprint density at radius 3 is 2.74 bits per heavy atom. The number of phenols is 1. The minimum absolute atomic E-state index is 0.0216. The number of aromatic nitrogens is 1. The maximum Gasteiger partial charge on any atom is 0.182 e. The third kappa shape index (κ3) is 3.22. The third-order valence-electron chi connectivity index (χ3n) is 5.80. The van der Waals surface area contributed by atoms with Gasteiger partial charge in [0.15, 0.2) is 5.78 Å². The van der Waals surface area contributed by atoms with Crippen LogP contribution >= 0.6 is 0 Å². The van der Waals surface area contributed by atoms with Gasteiger partial charge in [0.05, 0.1) is 6.54 Å². The van der Waals surface area contributed by atoms with Crippen molar-refractivity contribution in [2.24, 2.45) is 0 Å². The molecular weight excluding hydrogens is 338 g/mol. The van der Waals surface area contributed by atoms with Crippen LogP contribution in [0.2, 0.25) is 0 Å². The molecule has 0 bridgehead atoms. The highest BCUT2D eigenvalue weighted by atomic mass is 16.3. The number of hydrogen-bond acceptors (Lipinski definition) is 4. The molecule has 1 aromatic heterocycles. The van der Waals surface area contributed by atoms with Crippen LogP contribution in [0.3, 0.4) is 0 Å². The number of carbonyl (C=O) groups excluding carboxylic acids is 1. The minimum Gasteiger partial charge on any atom is -0.507 e. The zero-order chi connectivity index (χ0) is 19.1. The molecule has 2 N–H and O–H groups in total. The van der Waals surface area contributed by atoms with E-state index in [1.807, 2.05) is 32.0 Å². The minimum atomic E-state index is -0.0216. The van der Waals surface area contributed by atoms with Gasteiger partial charge < -0.3 is 10.0 Å². The summed E-state index contributed by atoms with van der Waals surface area (Å²) in [7, 11) is 0. The van der Waals surface area contributed by atoms with Crippen LogP contribution in [0.25, 0.3) is 0 Å². The smallest absolute Gasteiger partial charge is 0.182 e. The van der Waals surface area contributed by atoms with E-state index in [4.69, 9.17) is 5.41 Å². The Morgan fingerprint density at radius 2 is 2.00 bits per heavy atom. The molecule has 27 heavy (non-hydrogen) atoms. The first-order valence-corrected chi connectivity index (χ1v) is 9.61. The monoisotopic (exact) mass is 363 g/mol. The van der Waals surface area contributed by atoms with Gasteiger partial charge >= 0.3 is 0 Å². The van der Waals surface area contributed by atoms with Gasteiger partial charge in [-0.1, -0.05) is 18.9 Å². The van der Waals surface area contributed by atoms with E-state index < -0.39 is 0 Å². The summed E-state index contributed by atoms with van der Waals surface area (Å²) in [6, 6.07) is 7.56. The number of aryl methyl sites for hydroxylation is 2. The van der Waals surface area contributed by atoms with E-state index in [-0.39, 0.29) is 12.3 Å². The first-order chi connectivity index (χ1) is 12.9. The van der Waals surface area contributed by atoms with Crippen molar-refractivity contribution in [2.75, 3.05) is 6.54 Å². The number of phenolic OH excluding ortho intramolecular Hbond substituents is 1. The number of pyridine rings is 1. The summed E-state index contributed by atoms with van der Waals surface area (Å²) in [6.45, 7) is 4.46. The summed E-state index contributed by atoms with van der Waals surface area (Å²) in [4.78, 5) is 19.2. The zero-order valence-electron chi connectivity index (χ0n) is 15.9. The predicted octanol–water partition coefficient (Wildman–Crippen LogP) is 4.09. The van der Waals surface area contributed by atoms with Gasteiger partial charge in [0.1, 0.15) is 17.3 Å². The number of hydrogen-bond donors (Lipinski definition) is 2. The van der Waals surface area contributed by atoms with Crippen LogP contribution in [-0.4, -0.2) is 33.2 Å². The maximum atomic E-state index is 13.0. The average molecular weight is 363 g/mol. The molecule has 1 fully saturated rings. The molecule has 2 aliphatic rings. The lowest BCUT2D eigenvalue weighted by atomic mass is 9.91. The lowest BCUT2D eigenvalue weighted by molar-refractivity contribution is 0.0962. The van der Waals surface area contributed by atoms with Crippen molar-refractivity contribution >= 4 is 11.6 Å². The van der Waals surface area contributed by atoms with Crippen LogP contribution < -0.4 is 0 Å². The Balaban J connectivity index is 1.56. The molecule has 2 aromatic rings. The fourth-order valence-electron chi connectivity index (χ4n) is 4.27. The number of nitrogens with one attached hydrogen (secondary N) is 1. The first kappa shape index (κ1) is 17.7. The highest BCUT2D eigenvalue weighted by Crippen LogP contribution is 2.40. The quantitative estimate of drug-likeness (QED) is 0.802. The Bertz CT molecular complexity index is 929. The molecule has 5 nitrogen and oxygen atoms in total. The molecule has 5 heteroatoms. The number of nitrogens with zero attached hydrogens (tertiary/aromatic N) is 2. The second-order valence-electron chi connectivity index (χ2n) is 7.80. The molecule has 1 aliphatic heterocycles. The number of fused-ring (bicyclic) bond motifs is 1. The van der Waals surface area contributed by atoms with Crippen LogP contribution in [0.15, 0.2) is 24.3 Å². The highest BCUT2D eigenvalue weighted by molar-refractivity contribution is 6.04. The molecule has 1 aliphatic carbocycles. The summed E-state index contributed by atoms with van der Waals surface area (Å²) in [5.74, 6) is 0.970. The van der Waals surface area contributed by atoms with E-state index in [2.05, 4.69) is 4.98 Å². The van der Waals surface area contributed by atoms with Crippen LogP contribution in [0.1, 0.15) is 70.0 Å². The summed E-state index contributed by atoms with van der Waals surface area (Å²) < 4.78 is 0.